The van der Waals surface area contributed by atoms with Crippen LogP contribution in [0.25, 0.3) is 0 Å². The summed E-state index contributed by atoms with van der Waals surface area (Å²) in [5, 5.41) is 0. The van der Waals surface area contributed by atoms with E-state index in [-0.39, 0.29) is 0 Å². The average molecular weight is 318 g/mol. The minimum atomic E-state index is 0.643. The summed E-state index contributed by atoms with van der Waals surface area (Å²) in [7, 11) is 1.67. The second kappa shape index (κ2) is 6.85. The monoisotopic (exact) mass is 318 g/mol. The van der Waals surface area contributed by atoms with Crippen LogP contribution in [0.1, 0.15) is 12.5 Å². The number of methoxy groups -OCH3 is 1. The Labute approximate surface area is 104 Å². The molecule has 1 aromatic rings. The molecule has 0 bridgehead atoms. The minimum Gasteiger partial charge on any atom is -0.497 e. The fraction of sp³-hybridized carbons (Fsp3) is 0.333. The Morgan fingerprint density at radius 1 is 1.33 bits per heavy atom. The van der Waals surface area contributed by atoms with Gasteiger partial charge in [0.2, 0.25) is 0 Å². The van der Waals surface area contributed by atoms with Crippen molar-refractivity contribution in [1.82, 2.24) is 0 Å². The number of rotatable bonds is 5. The summed E-state index contributed by atoms with van der Waals surface area (Å²) >= 11 is 2.27. The second-order valence-corrected chi connectivity index (χ2v) is 4.86. The van der Waals surface area contributed by atoms with Gasteiger partial charge >= 0.3 is 0 Å². The van der Waals surface area contributed by atoms with E-state index in [1.807, 2.05) is 24.3 Å². The van der Waals surface area contributed by atoms with E-state index >= 15 is 0 Å². The lowest BCUT2D eigenvalue weighted by molar-refractivity contribution is 0.148. The lowest BCUT2D eigenvalue weighted by atomic mass is 10.2. The van der Waals surface area contributed by atoms with Gasteiger partial charge in [0.1, 0.15) is 5.75 Å². The van der Waals surface area contributed by atoms with Crippen molar-refractivity contribution in [2.24, 2.45) is 0 Å². The Hall–Kier alpha value is -0.550. The summed E-state index contributed by atoms with van der Waals surface area (Å²) < 4.78 is 11.8. The largest absolute Gasteiger partial charge is 0.497 e. The van der Waals surface area contributed by atoms with E-state index in [2.05, 4.69) is 35.6 Å². The number of hydrogen-bond acceptors (Lipinski definition) is 2. The van der Waals surface area contributed by atoms with Gasteiger partial charge in [-0.3, -0.25) is 0 Å². The zero-order valence-corrected chi connectivity index (χ0v) is 11.2. The highest BCUT2D eigenvalue weighted by Gasteiger charge is 1.93. The molecule has 0 aliphatic heterocycles. The van der Waals surface area contributed by atoms with Crippen LogP contribution in [0.15, 0.2) is 33.9 Å². The summed E-state index contributed by atoms with van der Waals surface area (Å²) in [5.74, 6) is 0.877. The van der Waals surface area contributed by atoms with Gasteiger partial charge < -0.3 is 9.47 Å². The van der Waals surface area contributed by atoms with Crippen LogP contribution in [0, 0.1) is 0 Å². The van der Waals surface area contributed by atoms with E-state index in [0.717, 1.165) is 11.3 Å². The van der Waals surface area contributed by atoms with Crippen molar-refractivity contribution in [3.05, 3.63) is 39.5 Å². The minimum absolute atomic E-state index is 0.643. The summed E-state index contributed by atoms with van der Waals surface area (Å²) in [6.45, 7) is 3.36. The zero-order chi connectivity index (χ0) is 11.1. The molecule has 0 unspecified atom stereocenters. The maximum Gasteiger partial charge on any atom is 0.118 e. The van der Waals surface area contributed by atoms with Crippen LogP contribution in [0.3, 0.4) is 0 Å². The third-order valence-corrected chi connectivity index (χ3v) is 2.35. The highest BCUT2D eigenvalue weighted by atomic mass is 127. The third kappa shape index (κ3) is 5.18. The van der Waals surface area contributed by atoms with Gasteiger partial charge in [-0.25, -0.2) is 0 Å². The van der Waals surface area contributed by atoms with Gasteiger partial charge in [0.25, 0.3) is 0 Å². The summed E-state index contributed by atoms with van der Waals surface area (Å²) in [4.78, 5) is 0. The predicted octanol–water partition coefficient (Wildman–Crippen LogP) is 3.55. The third-order valence-electron chi connectivity index (χ3n) is 1.91. The van der Waals surface area contributed by atoms with Gasteiger partial charge in [0, 0.05) is 0 Å². The van der Waals surface area contributed by atoms with Gasteiger partial charge in [-0.1, -0.05) is 12.1 Å². The van der Waals surface area contributed by atoms with Crippen LogP contribution in [0.2, 0.25) is 0 Å². The molecule has 15 heavy (non-hydrogen) atoms. The standard InChI is InChI=1S/C12H15IO2/c1-10(13)7-8-15-9-11-3-5-12(14-2)6-4-11/h3-7H,8-9H2,1-2H3/b10-7+. The normalized spacial score (nSPS) is 11.5. The van der Waals surface area contributed by atoms with Crippen LogP contribution in [0.5, 0.6) is 5.75 Å². The first-order valence-electron chi connectivity index (χ1n) is 4.75. The molecule has 0 saturated heterocycles. The highest BCUT2D eigenvalue weighted by Crippen LogP contribution is 2.12. The van der Waals surface area contributed by atoms with Crippen molar-refractivity contribution >= 4 is 22.6 Å². The number of benzene rings is 1. The Morgan fingerprint density at radius 2 is 2.00 bits per heavy atom. The van der Waals surface area contributed by atoms with Crippen LogP contribution in [-0.4, -0.2) is 13.7 Å². The molecule has 0 atom stereocenters. The molecule has 0 fully saturated rings. The molecule has 2 nitrogen and oxygen atoms in total. The van der Waals surface area contributed by atoms with E-state index in [9.17, 15) is 0 Å². The lowest BCUT2D eigenvalue weighted by Gasteiger charge is -2.03. The summed E-state index contributed by atoms with van der Waals surface area (Å²) in [6.07, 6.45) is 2.06. The fourth-order valence-electron chi connectivity index (χ4n) is 1.07. The molecule has 0 radical (unpaired) electrons. The van der Waals surface area contributed by atoms with Crippen molar-refractivity contribution in [2.45, 2.75) is 13.5 Å². The first-order valence-corrected chi connectivity index (χ1v) is 5.83. The molecule has 0 spiro atoms. The molecular weight excluding hydrogens is 303 g/mol. The summed E-state index contributed by atoms with van der Waals surface area (Å²) in [5.41, 5.74) is 1.16. The van der Waals surface area contributed by atoms with Crippen LogP contribution < -0.4 is 4.74 Å². The zero-order valence-electron chi connectivity index (χ0n) is 9.00. The Morgan fingerprint density at radius 3 is 2.53 bits per heavy atom. The average Bonchev–Trinajstić information content (AvgIpc) is 2.25. The Balaban J connectivity index is 2.35. The topological polar surface area (TPSA) is 18.5 Å². The second-order valence-electron chi connectivity index (χ2n) is 3.15. The quantitative estimate of drug-likeness (QED) is 0.611. The molecule has 0 aromatic heterocycles. The van der Waals surface area contributed by atoms with Crippen molar-refractivity contribution in [2.75, 3.05) is 13.7 Å². The van der Waals surface area contributed by atoms with Gasteiger partial charge in [0.15, 0.2) is 0 Å². The molecule has 0 N–H and O–H groups in total. The van der Waals surface area contributed by atoms with Crippen LogP contribution in [-0.2, 0) is 11.3 Å². The van der Waals surface area contributed by atoms with E-state index < -0.39 is 0 Å². The van der Waals surface area contributed by atoms with Gasteiger partial charge in [-0.05, 0) is 56.9 Å². The number of halogens is 1. The number of hydrogen-bond donors (Lipinski definition) is 0. The molecule has 82 valence electrons. The Kier molecular flexibility index (Phi) is 5.71. The van der Waals surface area contributed by atoms with Crippen molar-refractivity contribution < 1.29 is 9.47 Å². The summed E-state index contributed by atoms with van der Waals surface area (Å²) in [6, 6.07) is 7.91. The SMILES string of the molecule is COc1ccc(COC/C=C(\C)I)cc1. The predicted molar refractivity (Wildman–Crippen MR) is 70.4 cm³/mol. The molecule has 0 aliphatic carbocycles. The van der Waals surface area contributed by atoms with Gasteiger partial charge in [0.05, 0.1) is 20.3 Å². The van der Waals surface area contributed by atoms with Crippen LogP contribution >= 0.6 is 22.6 Å². The first kappa shape index (κ1) is 12.5. The molecule has 0 amide bonds. The molecular formula is C12H15IO2. The maximum atomic E-state index is 5.48. The van der Waals surface area contributed by atoms with E-state index in [1.54, 1.807) is 7.11 Å². The smallest absolute Gasteiger partial charge is 0.118 e. The molecule has 0 aliphatic rings. The van der Waals surface area contributed by atoms with E-state index in [1.165, 1.54) is 3.58 Å². The highest BCUT2D eigenvalue weighted by molar-refractivity contribution is 14.1. The Bertz CT molecular complexity index is 313. The van der Waals surface area contributed by atoms with Crippen LogP contribution in [0.4, 0.5) is 0 Å². The van der Waals surface area contributed by atoms with Crippen molar-refractivity contribution in [3.8, 4) is 5.75 Å². The molecule has 0 heterocycles. The molecule has 1 aromatic carbocycles. The van der Waals surface area contributed by atoms with E-state index in [4.69, 9.17) is 9.47 Å². The number of ether oxygens (including phenoxy) is 2. The number of allylic oxidation sites excluding steroid dienone is 1. The maximum absolute atomic E-state index is 5.48. The lowest BCUT2D eigenvalue weighted by Crippen LogP contribution is -1.93. The first-order chi connectivity index (χ1) is 7.22. The van der Waals surface area contributed by atoms with E-state index in [0.29, 0.717) is 13.2 Å². The molecule has 3 heteroatoms. The van der Waals surface area contributed by atoms with Crippen molar-refractivity contribution in [1.29, 1.82) is 0 Å². The van der Waals surface area contributed by atoms with Crippen molar-refractivity contribution in [3.63, 3.8) is 0 Å². The fourth-order valence-corrected chi connectivity index (χ4v) is 1.25. The molecule has 1 rings (SSSR count). The van der Waals surface area contributed by atoms with Gasteiger partial charge in [-0.15, -0.1) is 0 Å². The molecule has 0 saturated carbocycles. The van der Waals surface area contributed by atoms with Gasteiger partial charge in [-0.2, -0.15) is 0 Å².